The van der Waals surface area contributed by atoms with Crippen LogP contribution in [-0.4, -0.2) is 36.1 Å². The zero-order valence-electron chi connectivity index (χ0n) is 8.82. The fourth-order valence-corrected chi connectivity index (χ4v) is 2.14. The van der Waals surface area contributed by atoms with E-state index in [0.717, 1.165) is 12.8 Å². The molecule has 1 saturated carbocycles. The van der Waals surface area contributed by atoms with Crippen molar-refractivity contribution in [3.63, 3.8) is 0 Å². The van der Waals surface area contributed by atoms with Crippen molar-refractivity contribution in [3.8, 4) is 0 Å². The van der Waals surface area contributed by atoms with Crippen molar-refractivity contribution >= 4 is 0 Å². The summed E-state index contributed by atoms with van der Waals surface area (Å²) in [6.45, 7) is 1.16. The highest BCUT2D eigenvalue weighted by Gasteiger charge is 2.22. The lowest BCUT2D eigenvalue weighted by molar-refractivity contribution is 0.0639. The lowest BCUT2D eigenvalue weighted by atomic mass is 9.97. The van der Waals surface area contributed by atoms with Gasteiger partial charge < -0.3 is 14.9 Å². The van der Waals surface area contributed by atoms with Crippen molar-refractivity contribution in [2.45, 2.75) is 44.6 Å². The summed E-state index contributed by atoms with van der Waals surface area (Å²) in [5.74, 6) is 0.535. The summed E-state index contributed by atoms with van der Waals surface area (Å²) in [4.78, 5) is 0. The van der Waals surface area contributed by atoms with E-state index in [-0.39, 0.29) is 12.7 Å². The summed E-state index contributed by atoms with van der Waals surface area (Å²) in [6.07, 6.45) is 6.56. The molecule has 0 amide bonds. The predicted molar refractivity (Wildman–Crippen MR) is 55.1 cm³/mol. The van der Waals surface area contributed by atoms with Gasteiger partial charge in [-0.05, 0) is 31.6 Å². The summed E-state index contributed by atoms with van der Waals surface area (Å²) in [5, 5.41) is 18.3. The third kappa shape index (κ3) is 4.40. The molecule has 0 saturated heterocycles. The zero-order chi connectivity index (χ0) is 10.2. The van der Waals surface area contributed by atoms with Gasteiger partial charge in [0.15, 0.2) is 0 Å². The lowest BCUT2D eigenvalue weighted by Crippen LogP contribution is -2.18. The van der Waals surface area contributed by atoms with Crippen LogP contribution in [0, 0.1) is 5.92 Å². The second-order valence-electron chi connectivity index (χ2n) is 4.09. The second kappa shape index (κ2) is 7.21. The third-order valence-corrected chi connectivity index (χ3v) is 2.97. The molecule has 1 aliphatic rings. The van der Waals surface area contributed by atoms with Crippen molar-refractivity contribution in [2.75, 3.05) is 19.8 Å². The van der Waals surface area contributed by atoms with E-state index in [9.17, 15) is 5.11 Å². The van der Waals surface area contributed by atoms with Crippen LogP contribution in [0.2, 0.25) is 0 Å². The Morgan fingerprint density at radius 1 is 1.21 bits per heavy atom. The van der Waals surface area contributed by atoms with Gasteiger partial charge in [0, 0.05) is 6.61 Å². The van der Waals surface area contributed by atoms with Crippen LogP contribution in [0.1, 0.15) is 38.5 Å². The first-order valence-electron chi connectivity index (χ1n) is 5.71. The number of hydrogen-bond donors (Lipinski definition) is 2. The Morgan fingerprint density at radius 3 is 2.57 bits per heavy atom. The van der Waals surface area contributed by atoms with Gasteiger partial charge in [-0.3, -0.25) is 0 Å². The van der Waals surface area contributed by atoms with Gasteiger partial charge >= 0.3 is 0 Å². The van der Waals surface area contributed by atoms with Crippen molar-refractivity contribution in [3.05, 3.63) is 0 Å². The molecule has 0 spiro atoms. The van der Waals surface area contributed by atoms with Gasteiger partial charge in [-0.1, -0.05) is 12.8 Å². The second-order valence-corrected chi connectivity index (χ2v) is 4.09. The van der Waals surface area contributed by atoms with Crippen LogP contribution in [0.4, 0.5) is 0 Å². The summed E-state index contributed by atoms with van der Waals surface area (Å²) >= 11 is 0. The summed E-state index contributed by atoms with van der Waals surface area (Å²) in [5.41, 5.74) is 0. The molecule has 0 aliphatic heterocycles. The van der Waals surface area contributed by atoms with Crippen LogP contribution >= 0.6 is 0 Å². The Hall–Kier alpha value is -0.120. The SMILES string of the molecule is OCCOCCCC(O)C1CCCC1. The van der Waals surface area contributed by atoms with Crippen molar-refractivity contribution < 1.29 is 14.9 Å². The minimum atomic E-state index is -0.129. The highest BCUT2D eigenvalue weighted by atomic mass is 16.5. The Labute approximate surface area is 86.1 Å². The normalized spacial score (nSPS) is 20.1. The zero-order valence-corrected chi connectivity index (χ0v) is 8.82. The van der Waals surface area contributed by atoms with Gasteiger partial charge in [-0.15, -0.1) is 0 Å². The molecule has 0 heterocycles. The van der Waals surface area contributed by atoms with E-state index in [1.807, 2.05) is 0 Å². The Bertz CT molecular complexity index is 132. The van der Waals surface area contributed by atoms with Crippen molar-refractivity contribution in [1.82, 2.24) is 0 Å². The maximum absolute atomic E-state index is 9.80. The molecule has 1 fully saturated rings. The van der Waals surface area contributed by atoms with Crippen molar-refractivity contribution in [2.24, 2.45) is 5.92 Å². The quantitative estimate of drug-likeness (QED) is 0.612. The van der Waals surface area contributed by atoms with Gasteiger partial charge in [-0.2, -0.15) is 0 Å². The first-order chi connectivity index (χ1) is 6.84. The third-order valence-electron chi connectivity index (χ3n) is 2.97. The van der Waals surface area contributed by atoms with E-state index in [1.165, 1.54) is 25.7 Å². The summed E-state index contributed by atoms with van der Waals surface area (Å²) in [7, 11) is 0. The highest BCUT2D eigenvalue weighted by molar-refractivity contribution is 4.74. The van der Waals surface area contributed by atoms with Crippen LogP contribution in [0.25, 0.3) is 0 Å². The van der Waals surface area contributed by atoms with Crippen molar-refractivity contribution in [1.29, 1.82) is 0 Å². The Morgan fingerprint density at radius 2 is 1.93 bits per heavy atom. The molecule has 0 radical (unpaired) electrons. The fourth-order valence-electron chi connectivity index (χ4n) is 2.14. The summed E-state index contributed by atoms with van der Waals surface area (Å²) in [6, 6.07) is 0. The van der Waals surface area contributed by atoms with Crippen LogP contribution in [0.5, 0.6) is 0 Å². The average Bonchev–Trinajstić information content (AvgIpc) is 2.70. The molecule has 14 heavy (non-hydrogen) atoms. The van der Waals surface area contributed by atoms with Gasteiger partial charge in [0.1, 0.15) is 0 Å². The van der Waals surface area contributed by atoms with E-state index in [4.69, 9.17) is 9.84 Å². The van der Waals surface area contributed by atoms with Crippen LogP contribution in [0.15, 0.2) is 0 Å². The summed E-state index contributed by atoms with van der Waals surface area (Å²) < 4.78 is 5.13. The molecule has 3 heteroatoms. The van der Waals surface area contributed by atoms with Gasteiger partial charge in [-0.25, -0.2) is 0 Å². The fraction of sp³-hybridized carbons (Fsp3) is 1.00. The molecule has 0 aromatic rings. The lowest BCUT2D eigenvalue weighted by Gasteiger charge is -2.17. The van der Waals surface area contributed by atoms with E-state index in [2.05, 4.69) is 0 Å². The van der Waals surface area contributed by atoms with E-state index < -0.39 is 0 Å². The highest BCUT2D eigenvalue weighted by Crippen LogP contribution is 2.29. The number of rotatable bonds is 7. The topological polar surface area (TPSA) is 49.7 Å². The standard InChI is InChI=1S/C11H22O3/c12-7-9-14-8-3-6-11(13)10-4-1-2-5-10/h10-13H,1-9H2. The molecule has 0 aromatic carbocycles. The molecular weight excluding hydrogens is 180 g/mol. The van der Waals surface area contributed by atoms with Gasteiger partial charge in [0.2, 0.25) is 0 Å². The van der Waals surface area contributed by atoms with Crippen LogP contribution in [0.3, 0.4) is 0 Å². The Balaban J connectivity index is 1.94. The monoisotopic (exact) mass is 202 g/mol. The van der Waals surface area contributed by atoms with E-state index in [0.29, 0.717) is 19.1 Å². The van der Waals surface area contributed by atoms with E-state index >= 15 is 0 Å². The minimum absolute atomic E-state index is 0.0885. The molecule has 1 unspecified atom stereocenters. The number of hydrogen-bond acceptors (Lipinski definition) is 3. The number of aliphatic hydroxyl groups is 2. The van der Waals surface area contributed by atoms with E-state index in [1.54, 1.807) is 0 Å². The largest absolute Gasteiger partial charge is 0.394 e. The molecule has 84 valence electrons. The predicted octanol–water partition coefficient (Wildman–Crippen LogP) is 1.33. The van der Waals surface area contributed by atoms with Gasteiger partial charge in [0.25, 0.3) is 0 Å². The van der Waals surface area contributed by atoms with Crippen LogP contribution in [-0.2, 0) is 4.74 Å². The van der Waals surface area contributed by atoms with Gasteiger partial charge in [0.05, 0.1) is 19.3 Å². The molecule has 3 nitrogen and oxygen atoms in total. The number of aliphatic hydroxyl groups excluding tert-OH is 2. The molecule has 0 aromatic heterocycles. The number of ether oxygens (including phenoxy) is 1. The molecular formula is C11H22O3. The molecule has 2 N–H and O–H groups in total. The molecule has 0 bridgehead atoms. The average molecular weight is 202 g/mol. The molecule has 1 aliphatic carbocycles. The van der Waals surface area contributed by atoms with Crippen LogP contribution < -0.4 is 0 Å². The minimum Gasteiger partial charge on any atom is -0.394 e. The smallest absolute Gasteiger partial charge is 0.0697 e. The Kier molecular flexibility index (Phi) is 6.15. The maximum atomic E-state index is 9.80. The molecule has 1 atom stereocenters. The first-order valence-corrected chi connectivity index (χ1v) is 5.71. The first kappa shape index (κ1) is 12.0. The maximum Gasteiger partial charge on any atom is 0.0697 e. The molecule has 1 rings (SSSR count).